The number of esters is 1. The number of rotatable bonds is 5. The Labute approximate surface area is 178 Å². The largest absolute Gasteiger partial charge is 0.445 e. The van der Waals surface area contributed by atoms with E-state index in [2.05, 4.69) is 35.3 Å². The van der Waals surface area contributed by atoms with Gasteiger partial charge in [0, 0.05) is 25.6 Å². The number of nitrogens with one attached hydrogen (secondary N) is 1. The number of carbonyl (C=O) groups excluding carboxylic acids is 2. The Hall–Kier alpha value is -2.66. The van der Waals surface area contributed by atoms with Gasteiger partial charge in [0.15, 0.2) is 5.60 Å². The van der Waals surface area contributed by atoms with E-state index in [0.717, 1.165) is 24.2 Å². The normalized spacial score (nSPS) is 24.1. The predicted molar refractivity (Wildman–Crippen MR) is 116 cm³/mol. The number of carbonyl (C=O) groups is 2. The summed E-state index contributed by atoms with van der Waals surface area (Å²) in [5.74, 6) is -0.694. The summed E-state index contributed by atoms with van der Waals surface area (Å²) in [4.78, 5) is 27.9. The van der Waals surface area contributed by atoms with Gasteiger partial charge in [-0.15, -0.1) is 0 Å². The first kappa shape index (κ1) is 20.6. The van der Waals surface area contributed by atoms with Crippen LogP contribution >= 0.6 is 0 Å². The zero-order chi connectivity index (χ0) is 21.1. The summed E-state index contributed by atoms with van der Waals surface area (Å²) < 4.78 is 5.56. The average molecular weight is 407 g/mol. The molecule has 5 nitrogen and oxygen atoms in total. The van der Waals surface area contributed by atoms with E-state index >= 15 is 0 Å². The molecule has 30 heavy (non-hydrogen) atoms. The Morgan fingerprint density at radius 1 is 1.13 bits per heavy atom. The van der Waals surface area contributed by atoms with Gasteiger partial charge < -0.3 is 10.1 Å². The van der Waals surface area contributed by atoms with Crippen molar-refractivity contribution in [3.8, 4) is 0 Å². The van der Waals surface area contributed by atoms with E-state index < -0.39 is 11.6 Å². The molecule has 1 N–H and O–H groups in total. The highest BCUT2D eigenvalue weighted by molar-refractivity contribution is 5.97. The Bertz CT molecular complexity index is 941. The van der Waals surface area contributed by atoms with Crippen molar-refractivity contribution in [3.63, 3.8) is 0 Å². The molecule has 2 aliphatic rings. The van der Waals surface area contributed by atoms with Crippen LogP contribution in [0.15, 0.2) is 48.5 Å². The lowest BCUT2D eigenvalue weighted by Gasteiger charge is -2.34. The summed E-state index contributed by atoms with van der Waals surface area (Å²) in [5.41, 5.74) is 2.55. The van der Waals surface area contributed by atoms with E-state index in [4.69, 9.17) is 4.74 Å². The molecule has 5 heteroatoms. The molecule has 2 aliphatic heterocycles. The van der Waals surface area contributed by atoms with Crippen molar-refractivity contribution in [1.29, 1.82) is 0 Å². The lowest BCUT2D eigenvalue weighted by Crippen LogP contribution is -2.51. The van der Waals surface area contributed by atoms with E-state index in [1.165, 1.54) is 24.8 Å². The van der Waals surface area contributed by atoms with Crippen molar-refractivity contribution in [2.24, 2.45) is 0 Å². The number of hydrogen-bond donors (Lipinski definition) is 1. The highest BCUT2D eigenvalue weighted by atomic mass is 16.6. The number of nitrogens with zero attached hydrogens (tertiary/aromatic N) is 1. The number of piperidine rings is 1. The first-order valence-electron chi connectivity index (χ1n) is 10.9. The van der Waals surface area contributed by atoms with Crippen molar-refractivity contribution in [2.45, 2.75) is 64.3 Å². The lowest BCUT2D eigenvalue weighted by atomic mass is 9.89. The van der Waals surface area contributed by atoms with Gasteiger partial charge in [0.25, 0.3) is 5.91 Å². The summed E-state index contributed by atoms with van der Waals surface area (Å²) in [6.07, 6.45) is 4.17. The Kier molecular flexibility index (Phi) is 5.91. The molecule has 0 saturated carbocycles. The molecule has 1 saturated heterocycles. The van der Waals surface area contributed by atoms with E-state index in [-0.39, 0.29) is 5.91 Å². The zero-order valence-corrected chi connectivity index (χ0v) is 17.8. The predicted octanol–water partition coefficient (Wildman–Crippen LogP) is 3.85. The third-order valence-electron chi connectivity index (χ3n) is 6.44. The molecule has 2 aromatic rings. The van der Waals surface area contributed by atoms with Crippen molar-refractivity contribution < 1.29 is 14.3 Å². The number of cyclic esters (lactones) is 1. The van der Waals surface area contributed by atoms with Gasteiger partial charge in [0.1, 0.15) is 0 Å². The number of benzene rings is 2. The maximum Gasteiger partial charge on any atom is 0.339 e. The van der Waals surface area contributed by atoms with Crippen LogP contribution in [0.1, 0.15) is 60.2 Å². The van der Waals surface area contributed by atoms with Crippen molar-refractivity contribution in [1.82, 2.24) is 10.2 Å². The van der Waals surface area contributed by atoms with E-state index in [1.54, 1.807) is 13.0 Å². The van der Waals surface area contributed by atoms with Gasteiger partial charge >= 0.3 is 5.97 Å². The molecule has 0 aliphatic carbocycles. The number of fused-ring (bicyclic) bond motifs is 1. The lowest BCUT2D eigenvalue weighted by molar-refractivity contribution is -0.140. The highest BCUT2D eigenvalue weighted by Gasteiger charge is 2.42. The Morgan fingerprint density at radius 2 is 1.87 bits per heavy atom. The van der Waals surface area contributed by atoms with Crippen LogP contribution in [0, 0.1) is 0 Å². The number of hydrogen-bond acceptors (Lipinski definition) is 4. The van der Waals surface area contributed by atoms with Gasteiger partial charge in [-0.05, 0) is 56.0 Å². The monoisotopic (exact) mass is 406 g/mol. The number of likely N-dealkylation sites (tertiary alicyclic amines) is 1. The second kappa shape index (κ2) is 8.60. The third-order valence-corrected chi connectivity index (χ3v) is 6.44. The van der Waals surface area contributed by atoms with Gasteiger partial charge in [-0.2, -0.15) is 0 Å². The molecule has 1 fully saturated rings. The fourth-order valence-electron chi connectivity index (χ4n) is 4.52. The maximum absolute atomic E-state index is 13.0. The van der Waals surface area contributed by atoms with E-state index in [9.17, 15) is 9.59 Å². The van der Waals surface area contributed by atoms with Crippen LogP contribution in [0.5, 0.6) is 0 Å². The van der Waals surface area contributed by atoms with Gasteiger partial charge in [-0.1, -0.05) is 48.9 Å². The molecule has 158 valence electrons. The molecule has 2 heterocycles. The second-order valence-corrected chi connectivity index (χ2v) is 8.72. The quantitative estimate of drug-likeness (QED) is 0.767. The highest BCUT2D eigenvalue weighted by Crippen LogP contribution is 2.28. The summed E-state index contributed by atoms with van der Waals surface area (Å²) in [6, 6.07) is 16.2. The molecule has 0 aromatic heterocycles. The fraction of sp³-hybridized carbons (Fsp3) is 0.440. The SMILES string of the molecule is CC1CCCCN1Cc1ccccc1CNC(=O)C1(C)Cc2ccccc2C(=O)O1. The minimum Gasteiger partial charge on any atom is -0.445 e. The van der Waals surface area contributed by atoms with Crippen LogP contribution in [-0.4, -0.2) is 35.0 Å². The van der Waals surface area contributed by atoms with Crippen LogP contribution in [0.3, 0.4) is 0 Å². The molecule has 0 spiro atoms. The minimum absolute atomic E-state index is 0.258. The minimum atomic E-state index is -1.19. The second-order valence-electron chi connectivity index (χ2n) is 8.72. The Morgan fingerprint density at radius 3 is 2.67 bits per heavy atom. The molecule has 2 aromatic carbocycles. The molecule has 0 bridgehead atoms. The molecule has 0 radical (unpaired) electrons. The zero-order valence-electron chi connectivity index (χ0n) is 17.8. The molecule has 4 rings (SSSR count). The topological polar surface area (TPSA) is 58.6 Å². The number of ether oxygens (including phenoxy) is 1. The van der Waals surface area contributed by atoms with Crippen molar-refractivity contribution >= 4 is 11.9 Å². The van der Waals surface area contributed by atoms with E-state index in [0.29, 0.717) is 24.6 Å². The van der Waals surface area contributed by atoms with Crippen LogP contribution in [0.25, 0.3) is 0 Å². The Balaban J connectivity index is 1.44. The van der Waals surface area contributed by atoms with Crippen LogP contribution in [-0.2, 0) is 29.0 Å². The standard InChI is InChI=1S/C25H30N2O3/c1-18-9-7-8-14-27(18)17-21-12-4-3-11-20(21)16-26-24(29)25(2)15-19-10-5-6-13-22(19)23(28)30-25/h3-6,10-13,18H,7-9,14-17H2,1-2H3,(H,26,29). The molecular weight excluding hydrogens is 376 g/mol. The summed E-state index contributed by atoms with van der Waals surface area (Å²) >= 11 is 0. The maximum atomic E-state index is 13.0. The first-order chi connectivity index (χ1) is 14.5. The van der Waals surface area contributed by atoms with Gasteiger partial charge in [0.05, 0.1) is 5.56 Å². The molecule has 1 amide bonds. The van der Waals surface area contributed by atoms with Gasteiger partial charge in [0.2, 0.25) is 0 Å². The first-order valence-corrected chi connectivity index (χ1v) is 10.9. The molecule has 2 unspecified atom stereocenters. The average Bonchev–Trinajstić information content (AvgIpc) is 2.74. The van der Waals surface area contributed by atoms with Crippen LogP contribution in [0.2, 0.25) is 0 Å². The van der Waals surface area contributed by atoms with Crippen LogP contribution < -0.4 is 5.32 Å². The smallest absolute Gasteiger partial charge is 0.339 e. The van der Waals surface area contributed by atoms with Crippen LogP contribution in [0.4, 0.5) is 0 Å². The fourth-order valence-corrected chi connectivity index (χ4v) is 4.52. The summed E-state index contributed by atoms with van der Waals surface area (Å²) in [5, 5.41) is 3.01. The number of amides is 1. The third kappa shape index (κ3) is 4.26. The molecule has 2 atom stereocenters. The summed E-state index contributed by atoms with van der Waals surface area (Å²) in [7, 11) is 0. The van der Waals surface area contributed by atoms with Gasteiger partial charge in [-0.3, -0.25) is 9.69 Å². The van der Waals surface area contributed by atoms with Gasteiger partial charge in [-0.25, -0.2) is 4.79 Å². The van der Waals surface area contributed by atoms with E-state index in [1.807, 2.05) is 24.3 Å². The van der Waals surface area contributed by atoms with Crippen molar-refractivity contribution in [3.05, 3.63) is 70.8 Å². The molecular formula is C25H30N2O3. The van der Waals surface area contributed by atoms with Crippen molar-refractivity contribution in [2.75, 3.05) is 6.54 Å². The summed E-state index contributed by atoms with van der Waals surface area (Å²) in [6.45, 7) is 6.42.